The van der Waals surface area contributed by atoms with Crippen LogP contribution in [0.15, 0.2) is 42.5 Å². The van der Waals surface area contributed by atoms with Crippen LogP contribution < -0.4 is 5.32 Å². The second-order valence-corrected chi connectivity index (χ2v) is 5.13. The number of hydrogen-bond acceptors (Lipinski definition) is 2. The first kappa shape index (κ1) is 12.9. The van der Waals surface area contributed by atoms with Crippen LogP contribution in [0.4, 0.5) is 5.82 Å². The Morgan fingerprint density at radius 3 is 2.60 bits per heavy atom. The standard InChI is InChI=1S/C18H20N2/c1-3-7-15-12-14-11-10-13-8-5-6-9-16(13)17(14)20-18(15)19-4-2/h5-6,8-12H,3-4,7H2,1-2H3,(H,19,20). The Bertz CT molecular complexity index is 747. The molecular weight excluding hydrogens is 244 g/mol. The summed E-state index contributed by atoms with van der Waals surface area (Å²) in [7, 11) is 0. The Hall–Kier alpha value is -2.09. The summed E-state index contributed by atoms with van der Waals surface area (Å²) < 4.78 is 0. The summed E-state index contributed by atoms with van der Waals surface area (Å²) in [5, 5.41) is 7.11. The first-order valence-corrected chi connectivity index (χ1v) is 7.38. The average molecular weight is 264 g/mol. The monoisotopic (exact) mass is 264 g/mol. The molecule has 102 valence electrons. The fraction of sp³-hybridized carbons (Fsp3) is 0.278. The van der Waals surface area contributed by atoms with E-state index < -0.39 is 0 Å². The molecular formula is C18H20N2. The molecule has 0 aliphatic carbocycles. The molecule has 0 spiro atoms. The normalized spacial score (nSPS) is 11.1. The molecule has 0 radical (unpaired) electrons. The van der Waals surface area contributed by atoms with Crippen LogP contribution in [0.3, 0.4) is 0 Å². The molecule has 1 aromatic heterocycles. The second kappa shape index (κ2) is 5.49. The van der Waals surface area contributed by atoms with Gasteiger partial charge < -0.3 is 5.32 Å². The lowest BCUT2D eigenvalue weighted by molar-refractivity contribution is 0.916. The molecule has 2 nitrogen and oxygen atoms in total. The summed E-state index contributed by atoms with van der Waals surface area (Å²) in [5.41, 5.74) is 2.41. The highest BCUT2D eigenvalue weighted by Gasteiger charge is 2.08. The van der Waals surface area contributed by atoms with Crippen LogP contribution >= 0.6 is 0 Å². The fourth-order valence-electron chi connectivity index (χ4n) is 2.73. The topological polar surface area (TPSA) is 24.9 Å². The molecule has 1 heterocycles. The van der Waals surface area contributed by atoms with Crippen LogP contribution in [0.25, 0.3) is 21.7 Å². The van der Waals surface area contributed by atoms with Gasteiger partial charge in [0.1, 0.15) is 5.82 Å². The minimum atomic E-state index is 0.903. The van der Waals surface area contributed by atoms with Crippen LogP contribution in [0.5, 0.6) is 0 Å². The van der Waals surface area contributed by atoms with Gasteiger partial charge in [0.25, 0.3) is 0 Å². The lowest BCUT2D eigenvalue weighted by Crippen LogP contribution is -2.04. The van der Waals surface area contributed by atoms with Crippen molar-refractivity contribution < 1.29 is 0 Å². The summed E-state index contributed by atoms with van der Waals surface area (Å²) in [6.45, 7) is 5.23. The molecule has 0 aliphatic heterocycles. The highest BCUT2D eigenvalue weighted by atomic mass is 15.0. The summed E-state index contributed by atoms with van der Waals surface area (Å²) in [6.07, 6.45) is 2.21. The highest BCUT2D eigenvalue weighted by Crippen LogP contribution is 2.28. The maximum Gasteiger partial charge on any atom is 0.129 e. The third-order valence-electron chi connectivity index (χ3n) is 3.65. The molecule has 3 aromatic rings. The van der Waals surface area contributed by atoms with Gasteiger partial charge in [0.15, 0.2) is 0 Å². The Morgan fingerprint density at radius 2 is 1.80 bits per heavy atom. The highest BCUT2D eigenvalue weighted by molar-refractivity contribution is 6.05. The van der Waals surface area contributed by atoms with E-state index in [0.717, 1.165) is 30.7 Å². The number of fused-ring (bicyclic) bond motifs is 3. The van der Waals surface area contributed by atoms with Gasteiger partial charge in [0, 0.05) is 17.3 Å². The van der Waals surface area contributed by atoms with E-state index in [2.05, 4.69) is 61.6 Å². The van der Waals surface area contributed by atoms with Gasteiger partial charge in [0.2, 0.25) is 0 Å². The van der Waals surface area contributed by atoms with Crippen molar-refractivity contribution in [3.05, 3.63) is 48.0 Å². The average Bonchev–Trinajstić information content (AvgIpc) is 2.48. The SMILES string of the molecule is CCCc1cc2ccc3ccccc3c2nc1NCC. The lowest BCUT2D eigenvalue weighted by atomic mass is 10.0. The van der Waals surface area contributed by atoms with Crippen molar-refractivity contribution in [2.45, 2.75) is 26.7 Å². The zero-order chi connectivity index (χ0) is 13.9. The lowest BCUT2D eigenvalue weighted by Gasteiger charge is -2.12. The van der Waals surface area contributed by atoms with Crippen LogP contribution in [0.2, 0.25) is 0 Å². The number of pyridine rings is 1. The van der Waals surface area contributed by atoms with Gasteiger partial charge in [-0.15, -0.1) is 0 Å². The van der Waals surface area contributed by atoms with Crippen molar-refractivity contribution in [1.29, 1.82) is 0 Å². The van der Waals surface area contributed by atoms with E-state index in [4.69, 9.17) is 4.98 Å². The van der Waals surface area contributed by atoms with E-state index in [1.165, 1.54) is 21.7 Å². The molecule has 0 saturated carbocycles. The predicted octanol–water partition coefficient (Wildman–Crippen LogP) is 4.77. The molecule has 2 heteroatoms. The number of aromatic nitrogens is 1. The number of nitrogens with one attached hydrogen (secondary N) is 1. The van der Waals surface area contributed by atoms with E-state index >= 15 is 0 Å². The Morgan fingerprint density at radius 1 is 1.00 bits per heavy atom. The van der Waals surface area contributed by atoms with Gasteiger partial charge in [-0.2, -0.15) is 0 Å². The van der Waals surface area contributed by atoms with E-state index in [-0.39, 0.29) is 0 Å². The largest absolute Gasteiger partial charge is 0.370 e. The maximum absolute atomic E-state index is 4.90. The van der Waals surface area contributed by atoms with Crippen molar-refractivity contribution in [2.24, 2.45) is 0 Å². The van der Waals surface area contributed by atoms with Crippen LogP contribution in [0.1, 0.15) is 25.8 Å². The molecule has 0 saturated heterocycles. The molecule has 1 N–H and O–H groups in total. The molecule has 0 bridgehead atoms. The second-order valence-electron chi connectivity index (χ2n) is 5.13. The number of aryl methyl sites for hydroxylation is 1. The summed E-state index contributed by atoms with van der Waals surface area (Å²) in [6, 6.07) is 15.1. The molecule has 3 rings (SSSR count). The third kappa shape index (κ3) is 2.22. The Labute approximate surface area is 119 Å². The number of hydrogen-bond donors (Lipinski definition) is 1. The molecule has 2 aromatic carbocycles. The van der Waals surface area contributed by atoms with Gasteiger partial charge in [0.05, 0.1) is 5.52 Å². The maximum atomic E-state index is 4.90. The zero-order valence-electron chi connectivity index (χ0n) is 12.1. The smallest absolute Gasteiger partial charge is 0.129 e. The van der Waals surface area contributed by atoms with Gasteiger partial charge in [-0.25, -0.2) is 4.98 Å². The van der Waals surface area contributed by atoms with Gasteiger partial charge in [-0.05, 0) is 30.4 Å². The summed E-state index contributed by atoms with van der Waals surface area (Å²) >= 11 is 0. The Balaban J connectivity index is 2.29. The minimum Gasteiger partial charge on any atom is -0.370 e. The van der Waals surface area contributed by atoms with Gasteiger partial charge >= 0.3 is 0 Å². The van der Waals surface area contributed by atoms with Crippen LogP contribution in [0, 0.1) is 0 Å². The molecule has 0 aliphatic rings. The van der Waals surface area contributed by atoms with Gasteiger partial charge in [-0.3, -0.25) is 0 Å². The quantitative estimate of drug-likeness (QED) is 0.686. The van der Waals surface area contributed by atoms with E-state index in [1.54, 1.807) is 0 Å². The molecule has 0 amide bonds. The number of benzene rings is 2. The van der Waals surface area contributed by atoms with Crippen molar-refractivity contribution in [3.8, 4) is 0 Å². The van der Waals surface area contributed by atoms with Crippen molar-refractivity contribution in [2.75, 3.05) is 11.9 Å². The Kier molecular flexibility index (Phi) is 3.55. The predicted molar refractivity (Wildman–Crippen MR) is 87.4 cm³/mol. The number of anilines is 1. The number of nitrogens with zero attached hydrogens (tertiary/aromatic N) is 1. The molecule has 20 heavy (non-hydrogen) atoms. The van der Waals surface area contributed by atoms with Crippen molar-refractivity contribution in [1.82, 2.24) is 4.98 Å². The van der Waals surface area contributed by atoms with Crippen molar-refractivity contribution in [3.63, 3.8) is 0 Å². The summed E-state index contributed by atoms with van der Waals surface area (Å²) in [5.74, 6) is 1.04. The first-order chi connectivity index (χ1) is 9.83. The van der Waals surface area contributed by atoms with Crippen LogP contribution in [-0.2, 0) is 6.42 Å². The third-order valence-corrected chi connectivity index (χ3v) is 3.65. The van der Waals surface area contributed by atoms with Gasteiger partial charge in [-0.1, -0.05) is 49.7 Å². The molecule has 0 atom stereocenters. The zero-order valence-corrected chi connectivity index (χ0v) is 12.1. The van der Waals surface area contributed by atoms with Crippen molar-refractivity contribution >= 4 is 27.5 Å². The first-order valence-electron chi connectivity index (χ1n) is 7.38. The van der Waals surface area contributed by atoms with Crippen LogP contribution in [-0.4, -0.2) is 11.5 Å². The minimum absolute atomic E-state index is 0.903. The van der Waals surface area contributed by atoms with E-state index in [1.807, 2.05) is 0 Å². The molecule has 0 unspecified atom stereocenters. The van der Waals surface area contributed by atoms with E-state index in [9.17, 15) is 0 Å². The molecule has 0 fully saturated rings. The van der Waals surface area contributed by atoms with E-state index in [0.29, 0.717) is 0 Å². The fourth-order valence-corrected chi connectivity index (χ4v) is 2.73. The summed E-state index contributed by atoms with van der Waals surface area (Å²) in [4.78, 5) is 4.90. The number of rotatable bonds is 4.